The van der Waals surface area contributed by atoms with Crippen LogP contribution in [-0.4, -0.2) is 28.2 Å². The first-order chi connectivity index (χ1) is 8.41. The monoisotopic (exact) mass is 269 g/mol. The predicted octanol–water partition coefficient (Wildman–Crippen LogP) is 0.738. The third-order valence-electron chi connectivity index (χ3n) is 2.72. The van der Waals surface area contributed by atoms with Gasteiger partial charge in [0.2, 0.25) is 0 Å². The van der Waals surface area contributed by atoms with Crippen LogP contribution in [0.1, 0.15) is 23.7 Å². The third-order valence-corrected chi connectivity index (χ3v) is 4.09. The first-order valence-corrected chi connectivity index (χ1v) is 7.29. The Balaban J connectivity index is 2.53. The normalized spacial score (nSPS) is 13.9. The summed E-state index contributed by atoms with van der Waals surface area (Å²) in [6.07, 6.45) is 2.33. The van der Waals surface area contributed by atoms with Gasteiger partial charge in [0.1, 0.15) is 0 Å². The molecule has 5 N–H and O–H groups in total. The van der Waals surface area contributed by atoms with Crippen molar-refractivity contribution in [1.29, 1.82) is 0 Å². The topological polar surface area (TPSA) is 98.2 Å². The van der Waals surface area contributed by atoms with Crippen LogP contribution in [0.4, 0.5) is 11.4 Å². The molecule has 2 unspecified atom stereocenters. The molecule has 100 valence electrons. The largest absolute Gasteiger partial charge is 0.399 e. The third kappa shape index (κ3) is 4.03. The van der Waals surface area contributed by atoms with Gasteiger partial charge in [0.05, 0.1) is 5.56 Å². The molecule has 6 heteroatoms. The van der Waals surface area contributed by atoms with Crippen LogP contribution in [0.25, 0.3) is 0 Å². The molecule has 1 aromatic carbocycles. The van der Waals surface area contributed by atoms with Gasteiger partial charge < -0.3 is 16.8 Å². The fraction of sp³-hybridized carbons (Fsp3) is 0.417. The summed E-state index contributed by atoms with van der Waals surface area (Å²) in [5.74, 6) is -0.235. The Kier molecular flexibility index (Phi) is 5.15. The van der Waals surface area contributed by atoms with E-state index in [0.717, 1.165) is 0 Å². The molecule has 1 rings (SSSR count). The van der Waals surface area contributed by atoms with E-state index in [1.54, 1.807) is 24.5 Å². The van der Waals surface area contributed by atoms with Crippen molar-refractivity contribution < 1.29 is 9.00 Å². The smallest absolute Gasteiger partial charge is 0.253 e. The van der Waals surface area contributed by atoms with E-state index < -0.39 is 10.8 Å². The highest BCUT2D eigenvalue weighted by Crippen LogP contribution is 2.15. The number of nitrogens with one attached hydrogen (secondary N) is 1. The summed E-state index contributed by atoms with van der Waals surface area (Å²) in [4.78, 5) is 11.8. The summed E-state index contributed by atoms with van der Waals surface area (Å²) in [5, 5.41) is 2.81. The van der Waals surface area contributed by atoms with Gasteiger partial charge in [-0.25, -0.2) is 0 Å². The summed E-state index contributed by atoms with van der Waals surface area (Å²) in [6, 6.07) is 4.79. The van der Waals surface area contributed by atoms with Crippen LogP contribution < -0.4 is 16.8 Å². The lowest BCUT2D eigenvalue weighted by atomic mass is 10.1. The van der Waals surface area contributed by atoms with Gasteiger partial charge in [-0.15, -0.1) is 0 Å². The van der Waals surface area contributed by atoms with Crippen LogP contribution in [0.5, 0.6) is 0 Å². The van der Waals surface area contributed by atoms with E-state index in [1.807, 2.05) is 6.92 Å². The Morgan fingerprint density at radius 2 is 2.11 bits per heavy atom. The number of carbonyl (C=O) groups excluding carboxylic acids is 1. The lowest BCUT2D eigenvalue weighted by molar-refractivity contribution is 0.0954. The Bertz CT molecular complexity index is 463. The molecule has 0 saturated heterocycles. The van der Waals surface area contributed by atoms with Gasteiger partial charge in [-0.1, -0.05) is 6.92 Å². The molecule has 18 heavy (non-hydrogen) atoms. The molecule has 1 amide bonds. The Hall–Kier alpha value is -1.56. The van der Waals surface area contributed by atoms with E-state index in [1.165, 1.54) is 0 Å². The summed E-state index contributed by atoms with van der Waals surface area (Å²) in [6.45, 7) is 2.36. The molecule has 2 atom stereocenters. The van der Waals surface area contributed by atoms with Gasteiger partial charge in [0.25, 0.3) is 5.91 Å². The van der Waals surface area contributed by atoms with E-state index in [4.69, 9.17) is 11.5 Å². The summed E-state index contributed by atoms with van der Waals surface area (Å²) >= 11 is 0. The molecule has 0 bridgehead atoms. The average Bonchev–Trinajstić information content (AvgIpc) is 2.28. The number of nitrogen functional groups attached to an aromatic ring is 2. The molecule has 0 saturated carbocycles. The van der Waals surface area contributed by atoms with E-state index >= 15 is 0 Å². The van der Waals surface area contributed by atoms with Crippen molar-refractivity contribution in [1.82, 2.24) is 5.32 Å². The van der Waals surface area contributed by atoms with Crippen molar-refractivity contribution in [3.63, 3.8) is 0 Å². The molecular formula is C12H19N3O2S. The Morgan fingerprint density at radius 1 is 1.44 bits per heavy atom. The second kappa shape index (κ2) is 6.39. The van der Waals surface area contributed by atoms with Crippen molar-refractivity contribution in [2.75, 3.05) is 24.3 Å². The van der Waals surface area contributed by atoms with Crippen LogP contribution in [0.2, 0.25) is 0 Å². The maximum atomic E-state index is 11.8. The second-order valence-corrected chi connectivity index (χ2v) is 6.00. The van der Waals surface area contributed by atoms with E-state index in [9.17, 15) is 9.00 Å². The number of carbonyl (C=O) groups is 1. The lowest BCUT2D eigenvalue weighted by Crippen LogP contribution is -2.28. The highest BCUT2D eigenvalue weighted by molar-refractivity contribution is 7.84. The zero-order valence-corrected chi connectivity index (χ0v) is 11.4. The quantitative estimate of drug-likeness (QED) is 0.686. The first kappa shape index (κ1) is 14.5. The fourth-order valence-electron chi connectivity index (χ4n) is 1.44. The fourth-order valence-corrected chi connectivity index (χ4v) is 1.89. The number of hydrogen-bond donors (Lipinski definition) is 3. The Morgan fingerprint density at radius 3 is 2.67 bits per heavy atom. The summed E-state index contributed by atoms with van der Waals surface area (Å²) < 4.78 is 11.1. The molecule has 0 aliphatic rings. The van der Waals surface area contributed by atoms with Gasteiger partial charge in [-0.05, 0) is 24.6 Å². The zero-order chi connectivity index (χ0) is 13.7. The number of benzene rings is 1. The van der Waals surface area contributed by atoms with Crippen LogP contribution in [0, 0.1) is 0 Å². The number of amides is 1. The number of hydrogen-bond acceptors (Lipinski definition) is 4. The Labute approximate surface area is 109 Å². The number of nitrogens with two attached hydrogens (primary N) is 2. The molecule has 0 fully saturated rings. The van der Waals surface area contributed by atoms with Gasteiger partial charge in [-0.2, -0.15) is 0 Å². The van der Waals surface area contributed by atoms with Crippen molar-refractivity contribution in [2.24, 2.45) is 0 Å². The van der Waals surface area contributed by atoms with Crippen LogP contribution in [0.15, 0.2) is 18.2 Å². The maximum Gasteiger partial charge on any atom is 0.253 e. The molecule has 0 radical (unpaired) electrons. The van der Waals surface area contributed by atoms with Crippen LogP contribution in [-0.2, 0) is 10.8 Å². The molecule has 0 aliphatic carbocycles. The zero-order valence-electron chi connectivity index (χ0n) is 10.6. The average molecular weight is 269 g/mol. The predicted molar refractivity (Wildman–Crippen MR) is 75.7 cm³/mol. The van der Waals surface area contributed by atoms with Crippen molar-refractivity contribution in [2.45, 2.75) is 18.6 Å². The van der Waals surface area contributed by atoms with Crippen molar-refractivity contribution in [3.8, 4) is 0 Å². The van der Waals surface area contributed by atoms with Gasteiger partial charge in [-0.3, -0.25) is 9.00 Å². The highest BCUT2D eigenvalue weighted by Gasteiger charge is 2.11. The minimum atomic E-state index is -0.870. The number of anilines is 2. The van der Waals surface area contributed by atoms with Crippen LogP contribution in [0.3, 0.4) is 0 Å². The van der Waals surface area contributed by atoms with Gasteiger partial charge in [0, 0.05) is 40.2 Å². The minimum absolute atomic E-state index is 0.0639. The number of rotatable bonds is 5. The summed E-state index contributed by atoms with van der Waals surface area (Å²) in [5.41, 5.74) is 12.6. The van der Waals surface area contributed by atoms with Crippen molar-refractivity contribution in [3.05, 3.63) is 23.8 Å². The van der Waals surface area contributed by atoms with Crippen LogP contribution >= 0.6 is 0 Å². The molecule has 1 aromatic rings. The maximum absolute atomic E-state index is 11.8. The molecule has 0 heterocycles. The lowest BCUT2D eigenvalue weighted by Gasteiger charge is -2.10. The molecular weight excluding hydrogens is 250 g/mol. The SMILES string of the molecule is CC(CCNC(=O)c1ccc(N)cc1N)S(C)=O. The van der Waals surface area contributed by atoms with E-state index in [2.05, 4.69) is 5.32 Å². The van der Waals surface area contributed by atoms with E-state index in [-0.39, 0.29) is 11.2 Å². The second-order valence-electron chi connectivity index (χ2n) is 4.20. The van der Waals surface area contributed by atoms with E-state index in [0.29, 0.717) is 29.9 Å². The summed E-state index contributed by atoms with van der Waals surface area (Å²) in [7, 11) is -0.870. The minimum Gasteiger partial charge on any atom is -0.399 e. The molecule has 5 nitrogen and oxygen atoms in total. The highest BCUT2D eigenvalue weighted by atomic mass is 32.2. The van der Waals surface area contributed by atoms with Gasteiger partial charge >= 0.3 is 0 Å². The van der Waals surface area contributed by atoms with Gasteiger partial charge in [0.15, 0.2) is 0 Å². The molecule has 0 aliphatic heterocycles. The van der Waals surface area contributed by atoms with Crippen molar-refractivity contribution >= 4 is 28.1 Å². The molecule has 0 spiro atoms. The standard InChI is InChI=1S/C12H19N3O2S/c1-8(18(2)17)5-6-15-12(16)10-4-3-9(13)7-11(10)14/h3-4,7-8H,5-6,13-14H2,1-2H3,(H,15,16). The first-order valence-electron chi connectivity index (χ1n) is 5.67. The molecule has 0 aromatic heterocycles.